The summed E-state index contributed by atoms with van der Waals surface area (Å²) in [5.41, 5.74) is 0.615. The number of rotatable bonds is 3. The second-order valence-electron chi connectivity index (χ2n) is 2.86. The largest absolute Gasteiger partial charge is 0.292 e. The monoisotopic (exact) mass is 266 g/mol. The van der Waals surface area contributed by atoms with Crippen LogP contribution in [-0.2, 0) is 0 Å². The van der Waals surface area contributed by atoms with Gasteiger partial charge in [-0.05, 0) is 0 Å². The number of aromatic nitrogens is 4. The zero-order valence-corrected chi connectivity index (χ0v) is 9.18. The lowest BCUT2D eigenvalue weighted by molar-refractivity contribution is 0.0989. The molecule has 0 aliphatic rings. The quantitative estimate of drug-likeness (QED) is 0.676. The predicted octanol–water partition coefficient (Wildman–Crippen LogP) is 1.52. The molecule has 0 amide bonds. The van der Waals surface area contributed by atoms with E-state index < -0.39 is 4.83 Å². The lowest BCUT2D eigenvalue weighted by Gasteiger charge is -2.03. The molecule has 1 aromatic carbocycles. The summed E-state index contributed by atoms with van der Waals surface area (Å²) in [4.78, 5) is 11.3. The van der Waals surface area contributed by atoms with Crippen molar-refractivity contribution in [2.24, 2.45) is 0 Å². The fourth-order valence-corrected chi connectivity index (χ4v) is 1.60. The Labute approximate surface area is 94.0 Å². The summed E-state index contributed by atoms with van der Waals surface area (Å²) in [6.45, 7) is 0. The minimum absolute atomic E-state index is 0.0861. The number of H-pyrrole nitrogens is 1. The van der Waals surface area contributed by atoms with Crippen LogP contribution in [0.3, 0.4) is 0 Å². The van der Waals surface area contributed by atoms with E-state index in [2.05, 4.69) is 36.6 Å². The molecule has 76 valence electrons. The van der Waals surface area contributed by atoms with E-state index in [0.717, 1.165) is 0 Å². The fourth-order valence-electron chi connectivity index (χ4n) is 1.14. The van der Waals surface area contributed by atoms with E-state index in [1.807, 2.05) is 18.2 Å². The van der Waals surface area contributed by atoms with Crippen molar-refractivity contribution in [1.29, 1.82) is 0 Å². The van der Waals surface area contributed by atoms with E-state index >= 15 is 0 Å². The zero-order valence-electron chi connectivity index (χ0n) is 7.59. The topological polar surface area (TPSA) is 71.5 Å². The van der Waals surface area contributed by atoms with Crippen LogP contribution in [0.4, 0.5) is 0 Å². The van der Waals surface area contributed by atoms with Crippen LogP contribution < -0.4 is 0 Å². The fraction of sp³-hybridized carbons (Fsp3) is 0.111. The Morgan fingerprint density at radius 1 is 1.33 bits per heavy atom. The third kappa shape index (κ3) is 2.10. The minimum Gasteiger partial charge on any atom is -0.292 e. The normalized spacial score (nSPS) is 12.3. The number of halogens is 1. The second kappa shape index (κ2) is 4.31. The number of hydrogen-bond donors (Lipinski definition) is 1. The van der Waals surface area contributed by atoms with Crippen LogP contribution in [0.15, 0.2) is 30.3 Å². The molecule has 1 heterocycles. The van der Waals surface area contributed by atoms with Gasteiger partial charge >= 0.3 is 0 Å². The molecule has 1 aromatic heterocycles. The SMILES string of the molecule is O=C(c1ccccc1)C(Br)c1nn[nH]n1. The molecule has 5 nitrogen and oxygen atoms in total. The molecule has 0 bridgehead atoms. The van der Waals surface area contributed by atoms with Gasteiger partial charge in [0.1, 0.15) is 4.83 Å². The molecule has 0 aliphatic carbocycles. The van der Waals surface area contributed by atoms with Crippen LogP contribution in [0, 0.1) is 0 Å². The summed E-state index contributed by atoms with van der Waals surface area (Å²) >= 11 is 3.23. The molecule has 1 N–H and O–H groups in total. The van der Waals surface area contributed by atoms with Crippen LogP contribution in [0.1, 0.15) is 21.0 Å². The molecular weight excluding hydrogens is 260 g/mol. The van der Waals surface area contributed by atoms with Gasteiger partial charge in [-0.2, -0.15) is 5.21 Å². The Morgan fingerprint density at radius 2 is 2.07 bits per heavy atom. The number of aromatic amines is 1. The molecular formula is C9H7BrN4O. The highest BCUT2D eigenvalue weighted by Crippen LogP contribution is 2.23. The van der Waals surface area contributed by atoms with Crippen molar-refractivity contribution in [3.05, 3.63) is 41.7 Å². The van der Waals surface area contributed by atoms with Crippen molar-refractivity contribution in [2.75, 3.05) is 0 Å². The average molecular weight is 267 g/mol. The third-order valence-electron chi connectivity index (χ3n) is 1.88. The molecule has 0 fully saturated rings. The first-order valence-electron chi connectivity index (χ1n) is 4.25. The van der Waals surface area contributed by atoms with Crippen LogP contribution in [-0.4, -0.2) is 26.4 Å². The number of ketones is 1. The van der Waals surface area contributed by atoms with Crippen molar-refractivity contribution < 1.29 is 4.79 Å². The Balaban J connectivity index is 2.23. The first-order valence-corrected chi connectivity index (χ1v) is 5.17. The highest BCUT2D eigenvalue weighted by atomic mass is 79.9. The van der Waals surface area contributed by atoms with Crippen LogP contribution in [0.2, 0.25) is 0 Å². The number of carbonyl (C=O) groups is 1. The van der Waals surface area contributed by atoms with Crippen molar-refractivity contribution in [2.45, 2.75) is 4.83 Å². The van der Waals surface area contributed by atoms with E-state index in [1.165, 1.54) is 0 Å². The van der Waals surface area contributed by atoms with Crippen molar-refractivity contribution in [3.8, 4) is 0 Å². The smallest absolute Gasteiger partial charge is 0.195 e. The second-order valence-corrected chi connectivity index (χ2v) is 3.78. The number of carbonyl (C=O) groups excluding carboxylic acids is 1. The number of hydrogen-bond acceptors (Lipinski definition) is 4. The van der Waals surface area contributed by atoms with Crippen molar-refractivity contribution in [1.82, 2.24) is 20.6 Å². The molecule has 2 rings (SSSR count). The summed E-state index contributed by atoms with van der Waals surface area (Å²) in [6.07, 6.45) is 0. The highest BCUT2D eigenvalue weighted by molar-refractivity contribution is 9.09. The van der Waals surface area contributed by atoms with Gasteiger partial charge in [0.2, 0.25) is 0 Å². The zero-order chi connectivity index (χ0) is 10.7. The standard InChI is InChI=1S/C9H7BrN4O/c10-7(9-11-13-14-12-9)8(15)6-4-2-1-3-5-6/h1-5,7H,(H,11,12,13,14). The van der Waals surface area contributed by atoms with Gasteiger partial charge in [0.05, 0.1) is 0 Å². The van der Waals surface area contributed by atoms with Gasteiger partial charge in [0.25, 0.3) is 0 Å². The number of benzene rings is 1. The summed E-state index contributed by atoms with van der Waals surface area (Å²) in [6, 6.07) is 8.97. The summed E-state index contributed by atoms with van der Waals surface area (Å²) < 4.78 is 0. The van der Waals surface area contributed by atoms with E-state index in [9.17, 15) is 4.79 Å². The maximum Gasteiger partial charge on any atom is 0.195 e. The van der Waals surface area contributed by atoms with E-state index in [-0.39, 0.29) is 5.78 Å². The van der Waals surface area contributed by atoms with E-state index in [1.54, 1.807) is 12.1 Å². The summed E-state index contributed by atoms with van der Waals surface area (Å²) in [5.74, 6) is 0.251. The molecule has 6 heteroatoms. The number of Topliss-reactive ketones (excluding diaryl/α,β-unsaturated/α-hetero) is 1. The maximum absolute atomic E-state index is 11.9. The molecule has 15 heavy (non-hydrogen) atoms. The molecule has 0 radical (unpaired) electrons. The summed E-state index contributed by atoms with van der Waals surface area (Å²) in [5, 5.41) is 13.2. The Morgan fingerprint density at radius 3 is 2.67 bits per heavy atom. The van der Waals surface area contributed by atoms with Gasteiger partial charge in [-0.3, -0.25) is 4.79 Å². The van der Waals surface area contributed by atoms with Gasteiger partial charge < -0.3 is 0 Å². The van der Waals surface area contributed by atoms with Crippen molar-refractivity contribution in [3.63, 3.8) is 0 Å². The number of alkyl halides is 1. The predicted molar refractivity (Wildman–Crippen MR) is 56.6 cm³/mol. The lowest BCUT2D eigenvalue weighted by Crippen LogP contribution is -2.08. The minimum atomic E-state index is -0.557. The number of nitrogens with zero attached hydrogens (tertiary/aromatic N) is 3. The third-order valence-corrected chi connectivity index (χ3v) is 2.70. The summed E-state index contributed by atoms with van der Waals surface area (Å²) in [7, 11) is 0. The van der Waals surface area contributed by atoms with E-state index in [0.29, 0.717) is 11.4 Å². The van der Waals surface area contributed by atoms with Gasteiger partial charge in [-0.1, -0.05) is 51.5 Å². The van der Waals surface area contributed by atoms with Crippen LogP contribution in [0.25, 0.3) is 0 Å². The number of tetrazole rings is 1. The average Bonchev–Trinajstić information content (AvgIpc) is 2.82. The van der Waals surface area contributed by atoms with Gasteiger partial charge in [-0.15, -0.1) is 10.2 Å². The Bertz CT molecular complexity index is 442. The van der Waals surface area contributed by atoms with Gasteiger partial charge in [0, 0.05) is 5.56 Å². The number of nitrogens with one attached hydrogen (secondary N) is 1. The Kier molecular flexibility index (Phi) is 2.86. The van der Waals surface area contributed by atoms with Crippen LogP contribution >= 0.6 is 15.9 Å². The van der Waals surface area contributed by atoms with E-state index in [4.69, 9.17) is 0 Å². The first kappa shape index (κ1) is 9.97. The van der Waals surface area contributed by atoms with Crippen molar-refractivity contribution >= 4 is 21.7 Å². The molecule has 0 saturated heterocycles. The lowest BCUT2D eigenvalue weighted by atomic mass is 10.1. The van der Waals surface area contributed by atoms with Gasteiger partial charge in [0.15, 0.2) is 11.6 Å². The molecule has 2 aromatic rings. The molecule has 1 unspecified atom stereocenters. The van der Waals surface area contributed by atoms with Crippen LogP contribution in [0.5, 0.6) is 0 Å². The highest BCUT2D eigenvalue weighted by Gasteiger charge is 2.22. The van der Waals surface area contributed by atoms with Gasteiger partial charge in [-0.25, -0.2) is 0 Å². The molecule has 0 saturated carbocycles. The molecule has 0 aliphatic heterocycles. The Hall–Kier alpha value is -1.56. The maximum atomic E-state index is 11.9. The molecule has 0 spiro atoms. The first-order chi connectivity index (χ1) is 7.29. The molecule has 1 atom stereocenters.